The van der Waals surface area contributed by atoms with E-state index in [0.29, 0.717) is 6.42 Å². The molecule has 17 heavy (non-hydrogen) atoms. The zero-order valence-electron chi connectivity index (χ0n) is 11.1. The summed E-state index contributed by atoms with van der Waals surface area (Å²) in [6, 6.07) is 0. The second kappa shape index (κ2) is 8.04. The van der Waals surface area contributed by atoms with Crippen LogP contribution in [0.25, 0.3) is 0 Å². The maximum Gasteiger partial charge on any atom is 0.166 e. The Labute approximate surface area is 104 Å². The Morgan fingerprint density at radius 1 is 1.18 bits per heavy atom. The summed E-state index contributed by atoms with van der Waals surface area (Å²) in [5, 5.41) is 4.12. The van der Waals surface area contributed by atoms with Crippen molar-refractivity contribution in [3.8, 4) is 0 Å². The third-order valence-electron chi connectivity index (χ3n) is 3.04. The summed E-state index contributed by atoms with van der Waals surface area (Å²) in [6.45, 7) is 5.06. The Morgan fingerprint density at radius 2 is 1.88 bits per heavy atom. The second-order valence-corrected chi connectivity index (χ2v) is 4.53. The fourth-order valence-electron chi connectivity index (χ4n) is 1.89. The van der Waals surface area contributed by atoms with E-state index in [-0.39, 0.29) is 5.78 Å². The van der Waals surface area contributed by atoms with Crippen LogP contribution in [-0.4, -0.2) is 15.6 Å². The van der Waals surface area contributed by atoms with Crippen molar-refractivity contribution in [2.75, 3.05) is 0 Å². The van der Waals surface area contributed by atoms with Gasteiger partial charge in [0.2, 0.25) is 0 Å². The molecule has 0 bridgehead atoms. The number of ketones is 1. The lowest BCUT2D eigenvalue weighted by molar-refractivity contribution is 0.0979. The first-order chi connectivity index (χ1) is 8.27. The molecule has 0 aliphatic rings. The standard InChI is InChI=1S/C14H24N2O/c1-3-5-6-7-8-9-10-14(17)13-11-15-16(4-2)12-13/h11-12H,3-10H2,1-2H3. The van der Waals surface area contributed by atoms with Gasteiger partial charge in [-0.15, -0.1) is 0 Å². The first kappa shape index (κ1) is 13.9. The lowest BCUT2D eigenvalue weighted by Gasteiger charge is -1.99. The molecular formula is C14H24N2O. The molecule has 0 spiro atoms. The van der Waals surface area contributed by atoms with Crippen molar-refractivity contribution < 1.29 is 4.79 Å². The van der Waals surface area contributed by atoms with Crippen molar-refractivity contribution in [3.63, 3.8) is 0 Å². The van der Waals surface area contributed by atoms with Gasteiger partial charge in [-0.05, 0) is 13.3 Å². The van der Waals surface area contributed by atoms with Gasteiger partial charge in [0.1, 0.15) is 0 Å². The van der Waals surface area contributed by atoms with Crippen molar-refractivity contribution in [2.24, 2.45) is 0 Å². The predicted octanol–water partition coefficient (Wildman–Crippen LogP) is 3.84. The number of unbranched alkanes of at least 4 members (excludes halogenated alkanes) is 5. The predicted molar refractivity (Wildman–Crippen MR) is 70.2 cm³/mol. The van der Waals surface area contributed by atoms with Gasteiger partial charge in [-0.2, -0.15) is 5.10 Å². The maximum atomic E-state index is 11.8. The molecule has 0 radical (unpaired) electrons. The summed E-state index contributed by atoms with van der Waals surface area (Å²) in [6.07, 6.45) is 11.5. The Hall–Kier alpha value is -1.12. The van der Waals surface area contributed by atoms with E-state index in [1.54, 1.807) is 10.9 Å². The summed E-state index contributed by atoms with van der Waals surface area (Å²) < 4.78 is 1.80. The highest BCUT2D eigenvalue weighted by molar-refractivity contribution is 5.95. The molecule has 96 valence electrons. The third-order valence-corrected chi connectivity index (χ3v) is 3.04. The summed E-state index contributed by atoms with van der Waals surface area (Å²) in [7, 11) is 0. The first-order valence-corrected chi connectivity index (χ1v) is 6.83. The van der Waals surface area contributed by atoms with Crippen molar-refractivity contribution in [2.45, 2.75) is 65.3 Å². The monoisotopic (exact) mass is 236 g/mol. The van der Waals surface area contributed by atoms with Crippen molar-refractivity contribution in [1.29, 1.82) is 0 Å². The maximum absolute atomic E-state index is 11.8. The van der Waals surface area contributed by atoms with Crippen LogP contribution >= 0.6 is 0 Å². The van der Waals surface area contributed by atoms with Gasteiger partial charge in [0.05, 0.1) is 11.8 Å². The second-order valence-electron chi connectivity index (χ2n) is 4.53. The smallest absolute Gasteiger partial charge is 0.166 e. The summed E-state index contributed by atoms with van der Waals surface area (Å²) in [5.74, 6) is 0.236. The van der Waals surface area contributed by atoms with Gasteiger partial charge in [-0.25, -0.2) is 0 Å². The van der Waals surface area contributed by atoms with Crippen LogP contribution in [0.4, 0.5) is 0 Å². The topological polar surface area (TPSA) is 34.9 Å². The number of Topliss-reactive ketones (excluding diaryl/α,β-unsaturated/α-hetero) is 1. The molecule has 0 fully saturated rings. The fraction of sp³-hybridized carbons (Fsp3) is 0.714. The quantitative estimate of drug-likeness (QED) is 0.482. The zero-order chi connectivity index (χ0) is 12.5. The zero-order valence-corrected chi connectivity index (χ0v) is 11.1. The summed E-state index contributed by atoms with van der Waals surface area (Å²) in [5.41, 5.74) is 0.764. The van der Waals surface area contributed by atoms with Gasteiger partial charge in [0, 0.05) is 19.2 Å². The van der Waals surface area contributed by atoms with Crippen LogP contribution in [0, 0.1) is 0 Å². The SMILES string of the molecule is CCCCCCCCC(=O)c1cnn(CC)c1. The first-order valence-electron chi connectivity index (χ1n) is 6.83. The van der Waals surface area contributed by atoms with Crippen LogP contribution in [0.1, 0.15) is 69.2 Å². The van der Waals surface area contributed by atoms with Crippen LogP contribution in [0.15, 0.2) is 12.4 Å². The van der Waals surface area contributed by atoms with E-state index < -0.39 is 0 Å². The molecule has 0 aliphatic carbocycles. The van der Waals surface area contributed by atoms with E-state index in [1.165, 1.54) is 32.1 Å². The highest BCUT2D eigenvalue weighted by atomic mass is 16.1. The van der Waals surface area contributed by atoms with Gasteiger partial charge >= 0.3 is 0 Å². The molecule has 0 aliphatic heterocycles. The fourth-order valence-corrected chi connectivity index (χ4v) is 1.89. The van der Waals surface area contributed by atoms with Crippen LogP contribution in [0.3, 0.4) is 0 Å². The lowest BCUT2D eigenvalue weighted by Crippen LogP contribution is -1.98. The molecule has 0 saturated carbocycles. The van der Waals surface area contributed by atoms with E-state index in [1.807, 2.05) is 13.1 Å². The highest BCUT2D eigenvalue weighted by Gasteiger charge is 2.07. The minimum atomic E-state index is 0.236. The third kappa shape index (κ3) is 5.16. The number of rotatable bonds is 9. The molecule has 1 aromatic heterocycles. The van der Waals surface area contributed by atoms with E-state index in [4.69, 9.17) is 0 Å². The van der Waals surface area contributed by atoms with E-state index in [0.717, 1.165) is 18.5 Å². The molecule has 0 saturated heterocycles. The molecule has 3 heteroatoms. The Balaban J connectivity index is 2.16. The van der Waals surface area contributed by atoms with E-state index in [2.05, 4.69) is 12.0 Å². The summed E-state index contributed by atoms with van der Waals surface area (Å²) in [4.78, 5) is 11.8. The highest BCUT2D eigenvalue weighted by Crippen LogP contribution is 2.10. The molecule has 0 atom stereocenters. The average Bonchev–Trinajstić information content (AvgIpc) is 2.82. The normalized spacial score (nSPS) is 10.7. The number of nitrogens with zero attached hydrogens (tertiary/aromatic N) is 2. The van der Waals surface area contributed by atoms with Crippen molar-refractivity contribution in [1.82, 2.24) is 9.78 Å². The molecule has 0 amide bonds. The molecule has 1 heterocycles. The van der Waals surface area contributed by atoms with Gasteiger partial charge in [0.15, 0.2) is 5.78 Å². The number of hydrogen-bond donors (Lipinski definition) is 0. The van der Waals surface area contributed by atoms with Gasteiger partial charge in [0.25, 0.3) is 0 Å². The van der Waals surface area contributed by atoms with E-state index >= 15 is 0 Å². The van der Waals surface area contributed by atoms with Crippen LogP contribution < -0.4 is 0 Å². The van der Waals surface area contributed by atoms with Gasteiger partial charge < -0.3 is 0 Å². The Morgan fingerprint density at radius 3 is 2.53 bits per heavy atom. The largest absolute Gasteiger partial charge is 0.294 e. The number of hydrogen-bond acceptors (Lipinski definition) is 2. The molecule has 3 nitrogen and oxygen atoms in total. The van der Waals surface area contributed by atoms with Crippen LogP contribution in [-0.2, 0) is 6.54 Å². The number of aromatic nitrogens is 2. The Kier molecular flexibility index (Phi) is 6.60. The molecular weight excluding hydrogens is 212 g/mol. The minimum absolute atomic E-state index is 0.236. The molecule has 0 N–H and O–H groups in total. The van der Waals surface area contributed by atoms with Crippen molar-refractivity contribution in [3.05, 3.63) is 18.0 Å². The van der Waals surface area contributed by atoms with Gasteiger partial charge in [-0.3, -0.25) is 9.48 Å². The molecule has 1 aromatic rings. The summed E-state index contributed by atoms with van der Waals surface area (Å²) >= 11 is 0. The number of aryl methyl sites for hydroxylation is 1. The van der Waals surface area contributed by atoms with Crippen LogP contribution in [0.5, 0.6) is 0 Å². The molecule has 0 unspecified atom stereocenters. The van der Waals surface area contributed by atoms with Gasteiger partial charge in [-0.1, -0.05) is 39.0 Å². The number of carbonyl (C=O) groups excluding carboxylic acids is 1. The van der Waals surface area contributed by atoms with Crippen LogP contribution in [0.2, 0.25) is 0 Å². The van der Waals surface area contributed by atoms with E-state index in [9.17, 15) is 4.79 Å². The lowest BCUT2D eigenvalue weighted by atomic mass is 10.1. The Bertz CT molecular complexity index is 331. The number of carbonyl (C=O) groups is 1. The molecule has 0 aromatic carbocycles. The minimum Gasteiger partial charge on any atom is -0.294 e. The average molecular weight is 236 g/mol. The van der Waals surface area contributed by atoms with Crippen molar-refractivity contribution >= 4 is 5.78 Å². The molecule has 1 rings (SSSR count).